The number of hydrogen-bond donors (Lipinski definition) is 2. The van der Waals surface area contributed by atoms with Crippen LogP contribution in [-0.4, -0.2) is 28.2 Å². The molecule has 0 aliphatic rings. The van der Waals surface area contributed by atoms with Crippen molar-refractivity contribution in [1.29, 1.82) is 0 Å². The lowest BCUT2D eigenvalue weighted by atomic mass is 10.0. The van der Waals surface area contributed by atoms with Crippen LogP contribution in [0.5, 0.6) is 0 Å². The second-order valence-electron chi connectivity index (χ2n) is 3.24. The fourth-order valence-corrected chi connectivity index (χ4v) is 1.11. The molecule has 78 valence electrons. The summed E-state index contributed by atoms with van der Waals surface area (Å²) in [5, 5.41) is 8.70. The Bertz CT molecular complexity index is 329. The van der Waals surface area contributed by atoms with Gasteiger partial charge in [0.2, 0.25) is 0 Å². The molecule has 1 unspecified atom stereocenters. The number of nitrogens with zero attached hydrogens (tertiary/aromatic N) is 1. The van der Waals surface area contributed by atoms with Gasteiger partial charge in [-0.3, -0.25) is 0 Å². The minimum Gasteiger partial charge on any atom is -0.477 e. The molecule has 0 amide bonds. The molecule has 1 aromatic heterocycles. The number of carbonyl (C=O) groups is 1. The highest BCUT2D eigenvalue weighted by Crippen LogP contribution is 2.25. The van der Waals surface area contributed by atoms with Gasteiger partial charge in [0.15, 0.2) is 0 Å². The summed E-state index contributed by atoms with van der Waals surface area (Å²) in [6.45, 7) is 3.81. The van der Waals surface area contributed by atoms with Crippen LogP contribution in [0.1, 0.15) is 36.6 Å². The second-order valence-corrected chi connectivity index (χ2v) is 3.24. The fraction of sp³-hybridized carbons (Fsp3) is 0.556. The number of imidazole rings is 1. The molecule has 0 saturated carbocycles. The quantitative estimate of drug-likeness (QED) is 0.766. The van der Waals surface area contributed by atoms with Crippen molar-refractivity contribution in [2.75, 3.05) is 7.11 Å². The summed E-state index contributed by atoms with van der Waals surface area (Å²) in [5.74, 6) is -0.474. The van der Waals surface area contributed by atoms with E-state index in [0.717, 1.165) is 6.42 Å². The number of rotatable bonds is 4. The Morgan fingerprint density at radius 1 is 1.79 bits per heavy atom. The lowest BCUT2D eigenvalue weighted by Crippen LogP contribution is -2.25. The van der Waals surface area contributed by atoms with E-state index in [4.69, 9.17) is 9.84 Å². The van der Waals surface area contributed by atoms with Crippen LogP contribution in [0.15, 0.2) is 6.20 Å². The van der Waals surface area contributed by atoms with Gasteiger partial charge in [-0.25, -0.2) is 9.78 Å². The maximum atomic E-state index is 10.6. The van der Waals surface area contributed by atoms with Gasteiger partial charge in [0.05, 0.1) is 6.20 Å². The molecular weight excluding hydrogens is 184 g/mol. The van der Waals surface area contributed by atoms with Crippen molar-refractivity contribution >= 4 is 5.97 Å². The first-order valence-corrected chi connectivity index (χ1v) is 4.37. The second kappa shape index (κ2) is 3.79. The van der Waals surface area contributed by atoms with Gasteiger partial charge in [0, 0.05) is 7.11 Å². The molecule has 0 aliphatic heterocycles. The maximum absolute atomic E-state index is 10.6. The molecule has 5 heteroatoms. The van der Waals surface area contributed by atoms with Crippen molar-refractivity contribution in [2.45, 2.75) is 25.9 Å². The van der Waals surface area contributed by atoms with Crippen LogP contribution in [0.3, 0.4) is 0 Å². The number of ether oxygens (including phenoxy) is 1. The van der Waals surface area contributed by atoms with E-state index in [1.54, 1.807) is 7.11 Å². The van der Waals surface area contributed by atoms with E-state index in [2.05, 4.69) is 9.97 Å². The number of aromatic amines is 1. The zero-order chi connectivity index (χ0) is 10.8. The lowest BCUT2D eigenvalue weighted by molar-refractivity contribution is -0.00837. The van der Waals surface area contributed by atoms with Crippen LogP contribution < -0.4 is 0 Å². The number of hydrogen-bond acceptors (Lipinski definition) is 3. The van der Waals surface area contributed by atoms with Gasteiger partial charge >= 0.3 is 5.97 Å². The van der Waals surface area contributed by atoms with Gasteiger partial charge in [-0.2, -0.15) is 0 Å². The first-order valence-electron chi connectivity index (χ1n) is 4.37. The van der Waals surface area contributed by atoms with E-state index in [-0.39, 0.29) is 5.69 Å². The Morgan fingerprint density at radius 3 is 2.79 bits per heavy atom. The Labute approximate surface area is 82.1 Å². The summed E-state index contributed by atoms with van der Waals surface area (Å²) in [5.41, 5.74) is -0.468. The topological polar surface area (TPSA) is 75.2 Å². The average Bonchev–Trinajstić information content (AvgIpc) is 2.66. The number of methoxy groups -OCH3 is 1. The molecular formula is C9H14N2O3. The summed E-state index contributed by atoms with van der Waals surface area (Å²) in [6.07, 6.45) is 2.01. The molecule has 0 spiro atoms. The number of aromatic carboxylic acids is 1. The van der Waals surface area contributed by atoms with Crippen molar-refractivity contribution in [2.24, 2.45) is 0 Å². The Balaban J connectivity index is 3.01. The fourth-order valence-electron chi connectivity index (χ4n) is 1.11. The highest BCUT2D eigenvalue weighted by atomic mass is 16.5. The van der Waals surface area contributed by atoms with E-state index in [9.17, 15) is 4.79 Å². The van der Waals surface area contributed by atoms with E-state index in [0.29, 0.717) is 5.82 Å². The SMILES string of the molecule is CCC(C)(OC)c1ncc(C(=O)O)[nH]1. The van der Waals surface area contributed by atoms with E-state index >= 15 is 0 Å². The van der Waals surface area contributed by atoms with Crippen LogP contribution in [0.4, 0.5) is 0 Å². The van der Waals surface area contributed by atoms with E-state index in [1.165, 1.54) is 6.20 Å². The third-order valence-corrected chi connectivity index (χ3v) is 2.43. The van der Waals surface area contributed by atoms with Gasteiger partial charge in [-0.05, 0) is 13.3 Å². The van der Waals surface area contributed by atoms with Crippen molar-refractivity contribution in [3.05, 3.63) is 17.7 Å². The van der Waals surface area contributed by atoms with Gasteiger partial charge in [0.25, 0.3) is 0 Å². The monoisotopic (exact) mass is 198 g/mol. The van der Waals surface area contributed by atoms with E-state index in [1.807, 2.05) is 13.8 Å². The Hall–Kier alpha value is -1.36. The van der Waals surface area contributed by atoms with Gasteiger partial charge in [-0.15, -0.1) is 0 Å². The van der Waals surface area contributed by atoms with Crippen LogP contribution in [0, 0.1) is 0 Å². The Kier molecular flexibility index (Phi) is 2.90. The summed E-state index contributed by atoms with van der Waals surface area (Å²) in [6, 6.07) is 0. The number of nitrogens with one attached hydrogen (secondary N) is 1. The first-order chi connectivity index (χ1) is 6.53. The zero-order valence-corrected chi connectivity index (χ0v) is 8.50. The predicted octanol–water partition coefficient (Wildman–Crippen LogP) is 1.38. The molecule has 1 rings (SSSR count). The minimum atomic E-state index is -1.02. The largest absolute Gasteiger partial charge is 0.477 e. The molecule has 0 radical (unpaired) electrons. The summed E-state index contributed by atoms with van der Waals surface area (Å²) < 4.78 is 5.28. The molecule has 1 atom stereocenters. The molecule has 0 aliphatic carbocycles. The van der Waals surface area contributed by atoms with Crippen LogP contribution in [0.25, 0.3) is 0 Å². The number of carboxylic acids is 1. The average molecular weight is 198 g/mol. The molecule has 1 heterocycles. The zero-order valence-electron chi connectivity index (χ0n) is 8.50. The number of H-pyrrole nitrogens is 1. The highest BCUT2D eigenvalue weighted by molar-refractivity contribution is 5.85. The molecule has 5 nitrogen and oxygen atoms in total. The van der Waals surface area contributed by atoms with Gasteiger partial charge in [-0.1, -0.05) is 6.92 Å². The molecule has 14 heavy (non-hydrogen) atoms. The molecule has 0 saturated heterocycles. The molecule has 0 aromatic carbocycles. The summed E-state index contributed by atoms with van der Waals surface area (Å²) >= 11 is 0. The highest BCUT2D eigenvalue weighted by Gasteiger charge is 2.27. The molecule has 2 N–H and O–H groups in total. The van der Waals surface area contributed by atoms with Gasteiger partial charge in [0.1, 0.15) is 17.1 Å². The standard InChI is InChI=1S/C9H14N2O3/c1-4-9(2,14-3)8-10-5-6(11-8)7(12)13/h5H,4H2,1-3H3,(H,10,11)(H,12,13). The third kappa shape index (κ3) is 1.77. The summed E-state index contributed by atoms with van der Waals surface area (Å²) in [7, 11) is 1.58. The van der Waals surface area contributed by atoms with E-state index < -0.39 is 11.6 Å². The predicted molar refractivity (Wildman–Crippen MR) is 50.2 cm³/mol. The van der Waals surface area contributed by atoms with Crippen molar-refractivity contribution in [1.82, 2.24) is 9.97 Å². The molecule has 0 fully saturated rings. The van der Waals surface area contributed by atoms with Crippen molar-refractivity contribution in [3.63, 3.8) is 0 Å². The summed E-state index contributed by atoms with van der Waals surface area (Å²) in [4.78, 5) is 17.3. The van der Waals surface area contributed by atoms with Crippen LogP contribution >= 0.6 is 0 Å². The lowest BCUT2D eigenvalue weighted by Gasteiger charge is -2.23. The van der Waals surface area contributed by atoms with Crippen molar-refractivity contribution in [3.8, 4) is 0 Å². The molecule has 0 bridgehead atoms. The smallest absolute Gasteiger partial charge is 0.353 e. The van der Waals surface area contributed by atoms with Crippen LogP contribution in [-0.2, 0) is 10.3 Å². The molecule has 1 aromatic rings. The maximum Gasteiger partial charge on any atom is 0.353 e. The van der Waals surface area contributed by atoms with Gasteiger partial charge < -0.3 is 14.8 Å². The number of carboxylic acid groups (broad SMARTS) is 1. The Morgan fingerprint density at radius 2 is 2.43 bits per heavy atom. The third-order valence-electron chi connectivity index (χ3n) is 2.43. The van der Waals surface area contributed by atoms with Crippen LogP contribution in [0.2, 0.25) is 0 Å². The number of aromatic nitrogens is 2. The van der Waals surface area contributed by atoms with Crippen molar-refractivity contribution < 1.29 is 14.6 Å². The normalized spacial score (nSPS) is 15.1. The minimum absolute atomic E-state index is 0.0803. The first kappa shape index (κ1) is 10.7.